The third kappa shape index (κ3) is 3.23. The van der Waals surface area contributed by atoms with Gasteiger partial charge in [-0.1, -0.05) is 18.6 Å². The standard InChI is InChI=1S/C14H20N2O2/c1-10-5-4-6-11(16-10)9-15-14(18)12-7-2-3-8-13(12)17/h2-3,7-8,10-11,16-17H,4-6,9H2,1H3,(H,15,18). The predicted octanol–water partition coefficient (Wildman–Crippen LogP) is 1.65. The number of hydrogen-bond donors (Lipinski definition) is 3. The maximum atomic E-state index is 11.9. The lowest BCUT2D eigenvalue weighted by molar-refractivity contribution is 0.0943. The molecule has 0 aliphatic carbocycles. The molecular formula is C14H20N2O2. The first-order valence-corrected chi connectivity index (χ1v) is 6.49. The molecule has 1 amide bonds. The number of benzene rings is 1. The SMILES string of the molecule is CC1CCCC(CNC(=O)c2ccccc2O)N1. The van der Waals surface area contributed by atoms with Crippen molar-refractivity contribution in [1.82, 2.24) is 10.6 Å². The van der Waals surface area contributed by atoms with Gasteiger partial charge in [-0.15, -0.1) is 0 Å². The van der Waals surface area contributed by atoms with Crippen molar-refractivity contribution < 1.29 is 9.90 Å². The summed E-state index contributed by atoms with van der Waals surface area (Å²) in [6.45, 7) is 2.77. The third-order valence-corrected chi connectivity index (χ3v) is 3.37. The molecule has 1 aliphatic heterocycles. The zero-order valence-corrected chi connectivity index (χ0v) is 10.6. The number of carbonyl (C=O) groups is 1. The van der Waals surface area contributed by atoms with Gasteiger partial charge in [-0.05, 0) is 31.9 Å². The van der Waals surface area contributed by atoms with Gasteiger partial charge in [-0.25, -0.2) is 0 Å². The van der Waals surface area contributed by atoms with Crippen molar-refractivity contribution in [3.63, 3.8) is 0 Å². The van der Waals surface area contributed by atoms with Crippen LogP contribution in [0.5, 0.6) is 5.75 Å². The zero-order valence-electron chi connectivity index (χ0n) is 10.6. The van der Waals surface area contributed by atoms with Crippen LogP contribution in [-0.4, -0.2) is 29.6 Å². The van der Waals surface area contributed by atoms with Crippen LogP contribution in [0.25, 0.3) is 0 Å². The molecule has 0 spiro atoms. The number of hydrogen-bond acceptors (Lipinski definition) is 3. The summed E-state index contributed by atoms with van der Waals surface area (Å²) < 4.78 is 0. The van der Waals surface area contributed by atoms with E-state index in [1.165, 1.54) is 18.9 Å². The largest absolute Gasteiger partial charge is 0.507 e. The van der Waals surface area contributed by atoms with E-state index in [9.17, 15) is 9.90 Å². The van der Waals surface area contributed by atoms with Crippen molar-refractivity contribution in [2.45, 2.75) is 38.3 Å². The summed E-state index contributed by atoms with van der Waals surface area (Å²) in [6.07, 6.45) is 3.49. The maximum Gasteiger partial charge on any atom is 0.255 e. The average Bonchev–Trinajstić information content (AvgIpc) is 2.37. The second kappa shape index (κ2) is 5.87. The molecule has 1 fully saturated rings. The van der Waals surface area contributed by atoms with Gasteiger partial charge in [-0.2, -0.15) is 0 Å². The van der Waals surface area contributed by atoms with Gasteiger partial charge in [0.05, 0.1) is 5.56 Å². The topological polar surface area (TPSA) is 61.4 Å². The third-order valence-electron chi connectivity index (χ3n) is 3.37. The molecule has 1 aromatic carbocycles. The van der Waals surface area contributed by atoms with Crippen LogP contribution in [0.2, 0.25) is 0 Å². The normalized spacial score (nSPS) is 23.6. The highest BCUT2D eigenvalue weighted by molar-refractivity contribution is 5.96. The molecule has 2 atom stereocenters. The number of amides is 1. The lowest BCUT2D eigenvalue weighted by atomic mass is 9.99. The highest BCUT2D eigenvalue weighted by Gasteiger charge is 2.18. The van der Waals surface area contributed by atoms with E-state index in [0.29, 0.717) is 24.2 Å². The fourth-order valence-electron chi connectivity index (χ4n) is 2.38. The Hall–Kier alpha value is -1.55. The molecule has 1 saturated heterocycles. The molecule has 4 nitrogen and oxygen atoms in total. The molecule has 0 aromatic heterocycles. The first kappa shape index (κ1) is 12.9. The van der Waals surface area contributed by atoms with E-state index in [0.717, 1.165) is 6.42 Å². The average molecular weight is 248 g/mol. The summed E-state index contributed by atoms with van der Waals surface area (Å²) in [5.41, 5.74) is 0.335. The van der Waals surface area contributed by atoms with E-state index in [4.69, 9.17) is 0 Å². The van der Waals surface area contributed by atoms with Gasteiger partial charge in [0.25, 0.3) is 5.91 Å². The number of phenols is 1. The van der Waals surface area contributed by atoms with Crippen LogP contribution in [0.3, 0.4) is 0 Å². The summed E-state index contributed by atoms with van der Waals surface area (Å²) in [4.78, 5) is 11.9. The Bertz CT molecular complexity index is 420. The number of piperidine rings is 1. The summed E-state index contributed by atoms with van der Waals surface area (Å²) in [5, 5.41) is 15.9. The van der Waals surface area contributed by atoms with Crippen LogP contribution >= 0.6 is 0 Å². The summed E-state index contributed by atoms with van der Waals surface area (Å²) in [6, 6.07) is 7.46. The minimum Gasteiger partial charge on any atom is -0.507 e. The Labute approximate surface area is 107 Å². The molecular weight excluding hydrogens is 228 g/mol. The molecule has 0 bridgehead atoms. The van der Waals surface area contributed by atoms with E-state index >= 15 is 0 Å². The second-order valence-electron chi connectivity index (χ2n) is 4.92. The Morgan fingerprint density at radius 2 is 2.22 bits per heavy atom. The van der Waals surface area contributed by atoms with Crippen molar-refractivity contribution in [1.29, 1.82) is 0 Å². The fourth-order valence-corrected chi connectivity index (χ4v) is 2.38. The van der Waals surface area contributed by atoms with Gasteiger partial charge in [0, 0.05) is 18.6 Å². The lowest BCUT2D eigenvalue weighted by Gasteiger charge is -2.28. The smallest absolute Gasteiger partial charge is 0.255 e. The van der Waals surface area contributed by atoms with Crippen LogP contribution in [0.15, 0.2) is 24.3 Å². The van der Waals surface area contributed by atoms with Gasteiger partial charge in [0.15, 0.2) is 0 Å². The van der Waals surface area contributed by atoms with Crippen molar-refractivity contribution in [3.05, 3.63) is 29.8 Å². The van der Waals surface area contributed by atoms with Crippen LogP contribution in [0.1, 0.15) is 36.5 Å². The quantitative estimate of drug-likeness (QED) is 0.762. The van der Waals surface area contributed by atoms with Crippen LogP contribution in [0.4, 0.5) is 0 Å². The van der Waals surface area contributed by atoms with E-state index in [1.807, 2.05) is 0 Å². The molecule has 1 aromatic rings. The number of aromatic hydroxyl groups is 1. The van der Waals surface area contributed by atoms with Gasteiger partial charge < -0.3 is 15.7 Å². The van der Waals surface area contributed by atoms with Crippen LogP contribution in [0, 0.1) is 0 Å². The summed E-state index contributed by atoms with van der Waals surface area (Å²) >= 11 is 0. The van der Waals surface area contributed by atoms with Crippen LogP contribution < -0.4 is 10.6 Å². The second-order valence-corrected chi connectivity index (χ2v) is 4.92. The molecule has 0 radical (unpaired) electrons. The lowest BCUT2D eigenvalue weighted by Crippen LogP contribution is -2.47. The molecule has 2 unspecified atom stereocenters. The monoisotopic (exact) mass is 248 g/mol. The van der Waals surface area contributed by atoms with Crippen molar-refractivity contribution in [2.75, 3.05) is 6.54 Å². The molecule has 2 rings (SSSR count). The van der Waals surface area contributed by atoms with E-state index < -0.39 is 0 Å². The Morgan fingerprint density at radius 1 is 1.44 bits per heavy atom. The van der Waals surface area contributed by atoms with E-state index in [2.05, 4.69) is 17.6 Å². The molecule has 18 heavy (non-hydrogen) atoms. The highest BCUT2D eigenvalue weighted by Crippen LogP contribution is 2.15. The minimum atomic E-state index is -0.215. The first-order chi connectivity index (χ1) is 8.66. The molecule has 1 heterocycles. The van der Waals surface area contributed by atoms with Gasteiger partial charge in [-0.3, -0.25) is 4.79 Å². The van der Waals surface area contributed by atoms with Crippen molar-refractivity contribution in [2.24, 2.45) is 0 Å². The Balaban J connectivity index is 1.87. The number of para-hydroxylation sites is 1. The Morgan fingerprint density at radius 3 is 2.94 bits per heavy atom. The maximum absolute atomic E-state index is 11.9. The summed E-state index contributed by atoms with van der Waals surface area (Å²) in [5.74, 6) is -0.187. The first-order valence-electron chi connectivity index (χ1n) is 6.49. The summed E-state index contributed by atoms with van der Waals surface area (Å²) in [7, 11) is 0. The molecule has 1 aliphatic rings. The van der Waals surface area contributed by atoms with E-state index in [-0.39, 0.29) is 11.7 Å². The van der Waals surface area contributed by atoms with Crippen molar-refractivity contribution >= 4 is 5.91 Å². The van der Waals surface area contributed by atoms with Gasteiger partial charge in [0.1, 0.15) is 5.75 Å². The Kier molecular flexibility index (Phi) is 4.20. The molecule has 0 saturated carbocycles. The van der Waals surface area contributed by atoms with Gasteiger partial charge >= 0.3 is 0 Å². The molecule has 3 N–H and O–H groups in total. The number of rotatable bonds is 3. The predicted molar refractivity (Wildman–Crippen MR) is 70.7 cm³/mol. The van der Waals surface area contributed by atoms with Crippen molar-refractivity contribution in [3.8, 4) is 5.75 Å². The number of nitrogens with one attached hydrogen (secondary N) is 2. The molecule has 98 valence electrons. The molecule has 4 heteroatoms. The number of phenolic OH excluding ortho intramolecular Hbond substituents is 1. The van der Waals surface area contributed by atoms with Gasteiger partial charge in [0.2, 0.25) is 0 Å². The van der Waals surface area contributed by atoms with Crippen LogP contribution in [-0.2, 0) is 0 Å². The number of carbonyl (C=O) groups excluding carboxylic acids is 1. The van der Waals surface area contributed by atoms with E-state index in [1.54, 1.807) is 18.2 Å². The fraction of sp³-hybridized carbons (Fsp3) is 0.500. The highest BCUT2D eigenvalue weighted by atomic mass is 16.3. The minimum absolute atomic E-state index is 0.0278. The zero-order chi connectivity index (χ0) is 13.0.